The van der Waals surface area contributed by atoms with E-state index in [1.54, 1.807) is 0 Å². The van der Waals surface area contributed by atoms with Gasteiger partial charge in [0, 0.05) is 6.61 Å². The van der Waals surface area contributed by atoms with E-state index in [1.165, 1.54) is 7.11 Å². The van der Waals surface area contributed by atoms with Gasteiger partial charge in [0.15, 0.2) is 0 Å². The Kier molecular flexibility index (Phi) is 4.90. The van der Waals surface area contributed by atoms with E-state index >= 15 is 0 Å². The first-order valence-corrected chi connectivity index (χ1v) is 5.02. The Labute approximate surface area is 84.5 Å². The molecular weight excluding hydrogens is 184 g/mol. The van der Waals surface area contributed by atoms with Crippen LogP contribution in [-0.2, 0) is 19.0 Å². The average Bonchev–Trinajstić information content (AvgIpc) is 2.67. The highest BCUT2D eigenvalue weighted by molar-refractivity contribution is 5.69. The van der Waals surface area contributed by atoms with Crippen LogP contribution in [0.1, 0.15) is 26.2 Å². The molecule has 82 valence electrons. The van der Waals surface area contributed by atoms with Crippen molar-refractivity contribution < 1.29 is 19.0 Å². The van der Waals surface area contributed by atoms with E-state index in [2.05, 4.69) is 4.74 Å². The Morgan fingerprint density at radius 3 is 3.00 bits per heavy atom. The van der Waals surface area contributed by atoms with Crippen LogP contribution in [-0.4, -0.2) is 38.5 Å². The molecule has 14 heavy (non-hydrogen) atoms. The normalized spacial score (nSPS) is 23.4. The van der Waals surface area contributed by atoms with Crippen molar-refractivity contribution in [3.8, 4) is 0 Å². The summed E-state index contributed by atoms with van der Waals surface area (Å²) in [4.78, 5) is 10.9. The van der Waals surface area contributed by atoms with E-state index in [0.717, 1.165) is 19.4 Å². The Bertz CT molecular complexity index is 175. The second-order valence-corrected chi connectivity index (χ2v) is 3.56. The first-order chi connectivity index (χ1) is 6.72. The van der Waals surface area contributed by atoms with Gasteiger partial charge in [-0.1, -0.05) is 0 Å². The summed E-state index contributed by atoms with van der Waals surface area (Å²) < 4.78 is 15.4. The highest BCUT2D eigenvalue weighted by Crippen LogP contribution is 2.13. The van der Waals surface area contributed by atoms with Crippen LogP contribution >= 0.6 is 0 Å². The fourth-order valence-corrected chi connectivity index (χ4v) is 1.42. The SMILES string of the molecule is COC(=O)CC(C)OCC1CCCO1. The van der Waals surface area contributed by atoms with Gasteiger partial charge in [-0.3, -0.25) is 4.79 Å². The van der Waals surface area contributed by atoms with Crippen LogP contribution in [0.25, 0.3) is 0 Å². The minimum atomic E-state index is -0.232. The van der Waals surface area contributed by atoms with Crippen molar-refractivity contribution in [1.82, 2.24) is 0 Å². The van der Waals surface area contributed by atoms with Crippen molar-refractivity contribution >= 4 is 5.97 Å². The van der Waals surface area contributed by atoms with E-state index in [1.807, 2.05) is 6.92 Å². The Morgan fingerprint density at radius 2 is 2.43 bits per heavy atom. The van der Waals surface area contributed by atoms with Crippen LogP contribution in [0.15, 0.2) is 0 Å². The van der Waals surface area contributed by atoms with E-state index in [4.69, 9.17) is 9.47 Å². The number of carbonyl (C=O) groups excluding carboxylic acids is 1. The predicted octanol–water partition coefficient (Wildman–Crippen LogP) is 1.13. The summed E-state index contributed by atoms with van der Waals surface area (Å²) in [5, 5.41) is 0. The first-order valence-electron chi connectivity index (χ1n) is 5.02. The molecule has 1 rings (SSSR count). The Balaban J connectivity index is 2.07. The van der Waals surface area contributed by atoms with Crippen molar-refractivity contribution in [2.75, 3.05) is 20.3 Å². The van der Waals surface area contributed by atoms with Crippen LogP contribution in [0.5, 0.6) is 0 Å². The standard InChI is InChI=1S/C10H18O4/c1-8(6-10(11)12-2)14-7-9-4-3-5-13-9/h8-9H,3-7H2,1-2H3. The average molecular weight is 202 g/mol. The zero-order valence-corrected chi connectivity index (χ0v) is 8.82. The third kappa shape index (κ3) is 4.07. The minimum absolute atomic E-state index is 0.0911. The molecular formula is C10H18O4. The maximum absolute atomic E-state index is 10.9. The molecule has 0 aromatic rings. The molecule has 0 aromatic heterocycles. The highest BCUT2D eigenvalue weighted by atomic mass is 16.5. The molecule has 0 N–H and O–H groups in total. The summed E-state index contributed by atoms with van der Waals surface area (Å²) in [6.45, 7) is 3.28. The third-order valence-corrected chi connectivity index (χ3v) is 2.27. The summed E-state index contributed by atoms with van der Waals surface area (Å²) in [7, 11) is 1.38. The van der Waals surface area contributed by atoms with E-state index in [9.17, 15) is 4.79 Å². The Hall–Kier alpha value is -0.610. The van der Waals surface area contributed by atoms with Gasteiger partial charge in [0.1, 0.15) is 0 Å². The zero-order valence-electron chi connectivity index (χ0n) is 8.82. The lowest BCUT2D eigenvalue weighted by atomic mass is 10.2. The van der Waals surface area contributed by atoms with Gasteiger partial charge >= 0.3 is 5.97 Å². The molecule has 0 saturated carbocycles. The van der Waals surface area contributed by atoms with Crippen molar-refractivity contribution in [1.29, 1.82) is 0 Å². The van der Waals surface area contributed by atoms with E-state index in [0.29, 0.717) is 13.0 Å². The van der Waals surface area contributed by atoms with Crippen LogP contribution in [0, 0.1) is 0 Å². The number of hydrogen-bond donors (Lipinski definition) is 0. The predicted molar refractivity (Wildman–Crippen MR) is 51.0 cm³/mol. The van der Waals surface area contributed by atoms with Crippen molar-refractivity contribution in [2.24, 2.45) is 0 Å². The van der Waals surface area contributed by atoms with Crippen LogP contribution in [0.2, 0.25) is 0 Å². The van der Waals surface area contributed by atoms with Crippen LogP contribution in [0.4, 0.5) is 0 Å². The number of rotatable bonds is 5. The van der Waals surface area contributed by atoms with Gasteiger partial charge in [0.25, 0.3) is 0 Å². The van der Waals surface area contributed by atoms with E-state index in [-0.39, 0.29) is 18.2 Å². The molecule has 0 spiro atoms. The minimum Gasteiger partial charge on any atom is -0.469 e. The van der Waals surface area contributed by atoms with Crippen LogP contribution < -0.4 is 0 Å². The van der Waals surface area contributed by atoms with Crippen molar-refractivity contribution in [3.63, 3.8) is 0 Å². The summed E-state index contributed by atoms with van der Waals surface area (Å²) in [6, 6.07) is 0. The smallest absolute Gasteiger partial charge is 0.308 e. The molecule has 0 aliphatic carbocycles. The monoisotopic (exact) mass is 202 g/mol. The molecule has 2 atom stereocenters. The second kappa shape index (κ2) is 5.98. The van der Waals surface area contributed by atoms with Crippen LogP contribution in [0.3, 0.4) is 0 Å². The maximum Gasteiger partial charge on any atom is 0.308 e. The maximum atomic E-state index is 10.9. The largest absolute Gasteiger partial charge is 0.469 e. The van der Waals surface area contributed by atoms with Gasteiger partial charge in [0.05, 0.1) is 32.3 Å². The summed E-state index contributed by atoms with van der Waals surface area (Å²) >= 11 is 0. The lowest BCUT2D eigenvalue weighted by Crippen LogP contribution is -2.21. The number of carbonyl (C=O) groups is 1. The Morgan fingerprint density at radius 1 is 1.64 bits per heavy atom. The summed E-state index contributed by atoms with van der Waals surface area (Å²) in [5.41, 5.74) is 0. The van der Waals surface area contributed by atoms with Crippen molar-refractivity contribution in [2.45, 2.75) is 38.4 Å². The summed E-state index contributed by atoms with van der Waals surface area (Å²) in [6.07, 6.45) is 2.61. The molecule has 4 heteroatoms. The molecule has 4 nitrogen and oxygen atoms in total. The van der Waals surface area contributed by atoms with Gasteiger partial charge in [0.2, 0.25) is 0 Å². The molecule has 1 fully saturated rings. The molecule has 1 aliphatic heterocycles. The zero-order chi connectivity index (χ0) is 10.4. The lowest BCUT2D eigenvalue weighted by molar-refractivity contribution is -0.144. The fraction of sp³-hybridized carbons (Fsp3) is 0.900. The van der Waals surface area contributed by atoms with Crippen molar-refractivity contribution in [3.05, 3.63) is 0 Å². The first kappa shape index (κ1) is 11.5. The molecule has 1 saturated heterocycles. The topological polar surface area (TPSA) is 44.8 Å². The fourth-order valence-electron chi connectivity index (χ4n) is 1.42. The molecule has 0 amide bonds. The molecule has 0 radical (unpaired) electrons. The summed E-state index contributed by atoms with van der Waals surface area (Å²) in [5.74, 6) is -0.232. The number of esters is 1. The molecule has 1 heterocycles. The molecule has 1 aliphatic rings. The second-order valence-electron chi connectivity index (χ2n) is 3.56. The molecule has 0 aromatic carbocycles. The van der Waals surface area contributed by atoms with Gasteiger partial charge < -0.3 is 14.2 Å². The van der Waals surface area contributed by atoms with E-state index < -0.39 is 0 Å². The van der Waals surface area contributed by atoms with Gasteiger partial charge in [-0.15, -0.1) is 0 Å². The number of methoxy groups -OCH3 is 1. The molecule has 2 unspecified atom stereocenters. The quantitative estimate of drug-likeness (QED) is 0.627. The lowest BCUT2D eigenvalue weighted by Gasteiger charge is -2.15. The van der Waals surface area contributed by atoms with Gasteiger partial charge in [-0.05, 0) is 19.8 Å². The number of hydrogen-bond acceptors (Lipinski definition) is 4. The number of ether oxygens (including phenoxy) is 3. The third-order valence-electron chi connectivity index (χ3n) is 2.27. The molecule has 0 bridgehead atoms. The highest BCUT2D eigenvalue weighted by Gasteiger charge is 2.17. The van der Waals surface area contributed by atoms with Gasteiger partial charge in [-0.2, -0.15) is 0 Å². The van der Waals surface area contributed by atoms with Gasteiger partial charge in [-0.25, -0.2) is 0 Å².